The molecule has 17 heavy (non-hydrogen) atoms. The molecular weight excluding hydrogens is 230 g/mol. The van der Waals surface area contributed by atoms with Gasteiger partial charge in [-0.05, 0) is 32.2 Å². The predicted octanol–water partition coefficient (Wildman–Crippen LogP) is 3.33. The van der Waals surface area contributed by atoms with E-state index in [0.717, 1.165) is 18.2 Å². The summed E-state index contributed by atoms with van der Waals surface area (Å²) in [5.74, 6) is 0.909. The zero-order valence-corrected chi connectivity index (χ0v) is 11.2. The van der Waals surface area contributed by atoms with Gasteiger partial charge in [0.05, 0.1) is 11.4 Å². The van der Waals surface area contributed by atoms with Crippen LogP contribution in [0, 0.1) is 6.92 Å². The van der Waals surface area contributed by atoms with E-state index in [9.17, 15) is 0 Å². The van der Waals surface area contributed by atoms with Gasteiger partial charge in [-0.15, -0.1) is 11.8 Å². The Bertz CT molecular complexity index is 505. The lowest BCUT2D eigenvalue weighted by molar-refractivity contribution is 0.999. The second kappa shape index (κ2) is 5.27. The van der Waals surface area contributed by atoms with E-state index in [2.05, 4.69) is 58.5 Å². The number of hydrogen-bond donors (Lipinski definition) is 1. The van der Waals surface area contributed by atoms with Crippen molar-refractivity contribution in [3.8, 4) is 5.69 Å². The number of aryl methyl sites for hydroxylation is 1. The third-order valence-corrected chi connectivity index (χ3v) is 3.29. The van der Waals surface area contributed by atoms with Gasteiger partial charge < -0.3 is 5.32 Å². The third kappa shape index (κ3) is 2.47. The van der Waals surface area contributed by atoms with Crippen molar-refractivity contribution in [3.63, 3.8) is 0 Å². The SMILES string of the molecule is CCNc1nc(C)cn1-c1ccccc1SC. The van der Waals surface area contributed by atoms with Crippen LogP contribution < -0.4 is 5.32 Å². The Morgan fingerprint density at radius 2 is 2.12 bits per heavy atom. The number of para-hydroxylation sites is 1. The van der Waals surface area contributed by atoms with Gasteiger partial charge in [0, 0.05) is 17.6 Å². The van der Waals surface area contributed by atoms with E-state index in [1.165, 1.54) is 10.6 Å². The molecule has 1 heterocycles. The molecule has 90 valence electrons. The van der Waals surface area contributed by atoms with Crippen LogP contribution in [0.3, 0.4) is 0 Å². The zero-order chi connectivity index (χ0) is 12.3. The molecule has 1 aromatic heterocycles. The molecule has 4 heteroatoms. The monoisotopic (exact) mass is 247 g/mol. The first kappa shape index (κ1) is 12.0. The van der Waals surface area contributed by atoms with E-state index < -0.39 is 0 Å². The number of imidazole rings is 1. The Balaban J connectivity index is 2.51. The molecule has 0 fully saturated rings. The summed E-state index contributed by atoms with van der Waals surface area (Å²) in [4.78, 5) is 5.75. The van der Waals surface area contributed by atoms with E-state index in [1.54, 1.807) is 11.8 Å². The summed E-state index contributed by atoms with van der Waals surface area (Å²) in [7, 11) is 0. The average Bonchev–Trinajstić information content (AvgIpc) is 2.71. The van der Waals surface area contributed by atoms with Gasteiger partial charge in [-0.2, -0.15) is 0 Å². The first-order chi connectivity index (χ1) is 8.26. The summed E-state index contributed by atoms with van der Waals surface area (Å²) in [5, 5.41) is 3.29. The van der Waals surface area contributed by atoms with Crippen LogP contribution in [0.1, 0.15) is 12.6 Å². The van der Waals surface area contributed by atoms with Crippen molar-refractivity contribution < 1.29 is 0 Å². The number of nitrogens with zero attached hydrogens (tertiary/aromatic N) is 2. The van der Waals surface area contributed by atoms with E-state index in [4.69, 9.17) is 0 Å². The second-order valence-corrected chi connectivity index (χ2v) is 4.63. The second-order valence-electron chi connectivity index (χ2n) is 3.78. The fraction of sp³-hybridized carbons (Fsp3) is 0.308. The highest BCUT2D eigenvalue weighted by Gasteiger charge is 2.09. The normalized spacial score (nSPS) is 10.5. The zero-order valence-electron chi connectivity index (χ0n) is 10.4. The maximum atomic E-state index is 4.49. The highest BCUT2D eigenvalue weighted by Crippen LogP contribution is 2.26. The lowest BCUT2D eigenvalue weighted by Crippen LogP contribution is -2.05. The van der Waals surface area contributed by atoms with Crippen molar-refractivity contribution in [1.82, 2.24) is 9.55 Å². The van der Waals surface area contributed by atoms with E-state index in [1.807, 2.05) is 6.92 Å². The van der Waals surface area contributed by atoms with Gasteiger partial charge in [0.1, 0.15) is 0 Å². The average molecular weight is 247 g/mol. The van der Waals surface area contributed by atoms with Crippen molar-refractivity contribution in [3.05, 3.63) is 36.2 Å². The van der Waals surface area contributed by atoms with Crippen LogP contribution in [0.15, 0.2) is 35.4 Å². The highest BCUT2D eigenvalue weighted by molar-refractivity contribution is 7.98. The minimum Gasteiger partial charge on any atom is -0.356 e. The Labute approximate surface area is 106 Å². The number of thioether (sulfide) groups is 1. The summed E-state index contributed by atoms with van der Waals surface area (Å²) in [6, 6.07) is 8.37. The van der Waals surface area contributed by atoms with E-state index in [-0.39, 0.29) is 0 Å². The quantitative estimate of drug-likeness (QED) is 0.840. The van der Waals surface area contributed by atoms with Crippen LogP contribution in [0.4, 0.5) is 5.95 Å². The van der Waals surface area contributed by atoms with Crippen LogP contribution in [-0.2, 0) is 0 Å². The van der Waals surface area contributed by atoms with Crippen molar-refractivity contribution >= 4 is 17.7 Å². The van der Waals surface area contributed by atoms with Gasteiger partial charge in [-0.3, -0.25) is 4.57 Å². The molecule has 0 saturated carbocycles. The predicted molar refractivity (Wildman–Crippen MR) is 74.2 cm³/mol. The summed E-state index contributed by atoms with van der Waals surface area (Å²) >= 11 is 1.75. The van der Waals surface area contributed by atoms with E-state index in [0.29, 0.717) is 0 Å². The largest absolute Gasteiger partial charge is 0.356 e. The molecule has 0 atom stereocenters. The van der Waals surface area contributed by atoms with Crippen LogP contribution in [-0.4, -0.2) is 22.4 Å². The molecule has 0 aliphatic rings. The summed E-state index contributed by atoms with van der Waals surface area (Å²) in [5.41, 5.74) is 2.20. The fourth-order valence-corrected chi connectivity index (χ4v) is 2.38. The molecule has 0 unspecified atom stereocenters. The molecule has 2 aromatic rings. The molecule has 2 rings (SSSR count). The first-order valence-electron chi connectivity index (χ1n) is 5.69. The lowest BCUT2D eigenvalue weighted by atomic mass is 10.3. The number of nitrogens with one attached hydrogen (secondary N) is 1. The maximum absolute atomic E-state index is 4.49. The molecule has 0 amide bonds. The van der Waals surface area contributed by atoms with Gasteiger partial charge in [0.15, 0.2) is 0 Å². The highest BCUT2D eigenvalue weighted by atomic mass is 32.2. The Hall–Kier alpha value is -1.42. The smallest absolute Gasteiger partial charge is 0.207 e. The van der Waals surface area contributed by atoms with Gasteiger partial charge in [0.2, 0.25) is 5.95 Å². The summed E-state index contributed by atoms with van der Waals surface area (Å²) in [6.07, 6.45) is 4.16. The minimum atomic E-state index is 0.873. The van der Waals surface area contributed by atoms with Gasteiger partial charge >= 0.3 is 0 Å². The first-order valence-corrected chi connectivity index (χ1v) is 6.92. The summed E-state index contributed by atoms with van der Waals surface area (Å²) < 4.78 is 2.12. The molecule has 0 bridgehead atoms. The van der Waals surface area contributed by atoms with E-state index >= 15 is 0 Å². The van der Waals surface area contributed by atoms with Crippen LogP contribution in [0.2, 0.25) is 0 Å². The molecule has 0 saturated heterocycles. The molecule has 1 N–H and O–H groups in total. The number of rotatable bonds is 4. The van der Waals surface area contributed by atoms with Crippen molar-refractivity contribution in [2.45, 2.75) is 18.7 Å². The molecule has 0 spiro atoms. The third-order valence-electron chi connectivity index (χ3n) is 2.51. The summed E-state index contributed by atoms with van der Waals surface area (Å²) in [6.45, 7) is 4.96. The fourth-order valence-electron chi connectivity index (χ4n) is 1.79. The topological polar surface area (TPSA) is 29.9 Å². The van der Waals surface area contributed by atoms with Gasteiger partial charge in [-0.1, -0.05) is 12.1 Å². The Morgan fingerprint density at radius 1 is 1.35 bits per heavy atom. The van der Waals surface area contributed by atoms with Crippen molar-refractivity contribution in [2.24, 2.45) is 0 Å². The molecule has 1 aromatic carbocycles. The van der Waals surface area contributed by atoms with Crippen LogP contribution in [0.5, 0.6) is 0 Å². The van der Waals surface area contributed by atoms with Gasteiger partial charge in [-0.25, -0.2) is 4.98 Å². The molecule has 0 radical (unpaired) electrons. The molecular formula is C13H17N3S. The number of hydrogen-bond acceptors (Lipinski definition) is 3. The van der Waals surface area contributed by atoms with Crippen LogP contribution >= 0.6 is 11.8 Å². The van der Waals surface area contributed by atoms with Gasteiger partial charge in [0.25, 0.3) is 0 Å². The number of aromatic nitrogens is 2. The number of anilines is 1. The molecule has 0 aliphatic heterocycles. The lowest BCUT2D eigenvalue weighted by Gasteiger charge is -2.11. The maximum Gasteiger partial charge on any atom is 0.207 e. The molecule has 3 nitrogen and oxygen atoms in total. The Kier molecular flexibility index (Phi) is 3.74. The Morgan fingerprint density at radius 3 is 2.82 bits per heavy atom. The van der Waals surface area contributed by atoms with Crippen LogP contribution in [0.25, 0.3) is 5.69 Å². The minimum absolute atomic E-state index is 0.873. The van der Waals surface area contributed by atoms with Crippen molar-refractivity contribution in [1.29, 1.82) is 0 Å². The van der Waals surface area contributed by atoms with Crippen molar-refractivity contribution in [2.75, 3.05) is 18.1 Å². The standard InChI is InChI=1S/C13H17N3S/c1-4-14-13-15-10(2)9-16(13)11-7-5-6-8-12(11)17-3/h5-9H,4H2,1-3H3,(H,14,15). The number of benzene rings is 1. The molecule has 0 aliphatic carbocycles.